The van der Waals surface area contributed by atoms with Gasteiger partial charge in [-0.3, -0.25) is 4.98 Å². The van der Waals surface area contributed by atoms with Crippen molar-refractivity contribution in [3.05, 3.63) is 59.9 Å². The molecule has 0 bridgehead atoms. The van der Waals surface area contributed by atoms with Crippen molar-refractivity contribution in [2.45, 2.75) is 12.3 Å². The van der Waals surface area contributed by atoms with Crippen molar-refractivity contribution in [2.75, 3.05) is 11.6 Å². The van der Waals surface area contributed by atoms with E-state index >= 15 is 0 Å². The van der Waals surface area contributed by atoms with Gasteiger partial charge in [0.15, 0.2) is 0 Å². The standard InChI is InChI=1S/C15H17N3OS/c1-20-11-12-6-2-3-8-14(12)18-15(19)17-10-13-7-4-5-9-16-13/h2-9H,10-11H2,1H3,(H2,17,18,19). The summed E-state index contributed by atoms with van der Waals surface area (Å²) in [5, 5.41) is 5.67. The third-order valence-corrected chi connectivity index (χ3v) is 3.32. The van der Waals surface area contributed by atoms with Crippen molar-refractivity contribution in [1.29, 1.82) is 0 Å². The number of amides is 2. The molecular weight excluding hydrogens is 270 g/mol. The minimum Gasteiger partial charge on any atom is -0.332 e. The van der Waals surface area contributed by atoms with Gasteiger partial charge in [-0.05, 0) is 30.0 Å². The predicted octanol–water partition coefficient (Wildman–Crippen LogP) is 3.27. The van der Waals surface area contributed by atoms with E-state index in [2.05, 4.69) is 15.6 Å². The molecule has 2 rings (SSSR count). The number of hydrogen-bond acceptors (Lipinski definition) is 3. The van der Waals surface area contributed by atoms with E-state index in [1.165, 1.54) is 0 Å². The molecule has 0 fully saturated rings. The predicted molar refractivity (Wildman–Crippen MR) is 83.8 cm³/mol. The van der Waals surface area contributed by atoms with Gasteiger partial charge in [0.1, 0.15) is 0 Å². The van der Waals surface area contributed by atoms with Gasteiger partial charge in [-0.2, -0.15) is 11.8 Å². The molecule has 1 heterocycles. The summed E-state index contributed by atoms with van der Waals surface area (Å²) in [5.74, 6) is 0.872. The van der Waals surface area contributed by atoms with Gasteiger partial charge in [0.25, 0.3) is 0 Å². The van der Waals surface area contributed by atoms with Crippen LogP contribution in [0.3, 0.4) is 0 Å². The quantitative estimate of drug-likeness (QED) is 0.887. The molecule has 0 radical (unpaired) electrons. The molecule has 2 amide bonds. The van der Waals surface area contributed by atoms with Gasteiger partial charge < -0.3 is 10.6 Å². The van der Waals surface area contributed by atoms with Crippen LogP contribution in [0.2, 0.25) is 0 Å². The van der Waals surface area contributed by atoms with Crippen molar-refractivity contribution in [1.82, 2.24) is 10.3 Å². The summed E-state index contributed by atoms with van der Waals surface area (Å²) in [4.78, 5) is 16.0. The third-order valence-electron chi connectivity index (χ3n) is 2.72. The average molecular weight is 287 g/mol. The Morgan fingerprint density at radius 1 is 1.20 bits per heavy atom. The fourth-order valence-corrected chi connectivity index (χ4v) is 2.33. The van der Waals surface area contributed by atoms with Gasteiger partial charge >= 0.3 is 6.03 Å². The Hall–Kier alpha value is -2.01. The summed E-state index contributed by atoms with van der Waals surface area (Å²) < 4.78 is 0. The Labute approximate surface area is 123 Å². The van der Waals surface area contributed by atoms with Crippen LogP contribution in [0.15, 0.2) is 48.7 Å². The first-order chi connectivity index (χ1) is 9.79. The number of thioether (sulfide) groups is 1. The van der Waals surface area contributed by atoms with Crippen molar-refractivity contribution in [3.8, 4) is 0 Å². The van der Waals surface area contributed by atoms with E-state index < -0.39 is 0 Å². The first-order valence-electron chi connectivity index (χ1n) is 6.31. The fourth-order valence-electron chi connectivity index (χ4n) is 1.76. The minimum absolute atomic E-state index is 0.218. The number of benzene rings is 1. The van der Waals surface area contributed by atoms with Gasteiger partial charge in [0.2, 0.25) is 0 Å². The lowest BCUT2D eigenvalue weighted by Gasteiger charge is -2.11. The largest absolute Gasteiger partial charge is 0.332 e. The number of nitrogens with zero attached hydrogens (tertiary/aromatic N) is 1. The molecule has 1 aromatic heterocycles. The van der Waals surface area contributed by atoms with Crippen molar-refractivity contribution < 1.29 is 4.79 Å². The zero-order valence-corrected chi connectivity index (χ0v) is 12.1. The number of carbonyl (C=O) groups is 1. The van der Waals surface area contributed by atoms with E-state index in [4.69, 9.17) is 0 Å². The highest BCUT2D eigenvalue weighted by Crippen LogP contribution is 2.19. The van der Waals surface area contributed by atoms with E-state index in [0.717, 1.165) is 22.7 Å². The lowest BCUT2D eigenvalue weighted by atomic mass is 10.2. The maximum absolute atomic E-state index is 11.9. The topological polar surface area (TPSA) is 54.0 Å². The van der Waals surface area contributed by atoms with Crippen LogP contribution >= 0.6 is 11.8 Å². The summed E-state index contributed by atoms with van der Waals surface area (Å²) >= 11 is 1.72. The summed E-state index contributed by atoms with van der Waals surface area (Å²) in [6.07, 6.45) is 3.75. The van der Waals surface area contributed by atoms with Crippen LogP contribution in [0, 0.1) is 0 Å². The average Bonchev–Trinajstić information content (AvgIpc) is 2.49. The number of anilines is 1. The molecule has 0 aliphatic heterocycles. The molecule has 0 aliphatic rings. The smallest absolute Gasteiger partial charge is 0.319 e. The van der Waals surface area contributed by atoms with E-state index in [1.54, 1.807) is 18.0 Å². The maximum atomic E-state index is 11.9. The molecule has 20 heavy (non-hydrogen) atoms. The SMILES string of the molecule is CSCc1ccccc1NC(=O)NCc1ccccn1. The number of carbonyl (C=O) groups excluding carboxylic acids is 1. The highest BCUT2D eigenvalue weighted by Gasteiger charge is 2.05. The van der Waals surface area contributed by atoms with Crippen LogP contribution in [0.5, 0.6) is 0 Å². The lowest BCUT2D eigenvalue weighted by Crippen LogP contribution is -2.28. The number of rotatable bonds is 5. The summed E-state index contributed by atoms with van der Waals surface area (Å²) in [7, 11) is 0. The Bertz CT molecular complexity index is 560. The molecule has 2 aromatic rings. The normalized spacial score (nSPS) is 10.1. The molecular formula is C15H17N3OS. The number of aromatic nitrogens is 1. The van der Waals surface area contributed by atoms with Crippen LogP contribution in [-0.4, -0.2) is 17.3 Å². The molecule has 104 valence electrons. The summed E-state index contributed by atoms with van der Waals surface area (Å²) in [6.45, 7) is 0.414. The molecule has 0 spiro atoms. The first kappa shape index (κ1) is 14.4. The van der Waals surface area contributed by atoms with E-state index in [-0.39, 0.29) is 6.03 Å². The van der Waals surface area contributed by atoms with Crippen LogP contribution < -0.4 is 10.6 Å². The second-order valence-corrected chi connectivity index (χ2v) is 5.08. The highest BCUT2D eigenvalue weighted by atomic mass is 32.2. The maximum Gasteiger partial charge on any atom is 0.319 e. The zero-order chi connectivity index (χ0) is 14.2. The van der Waals surface area contributed by atoms with Gasteiger partial charge in [0.05, 0.1) is 12.2 Å². The van der Waals surface area contributed by atoms with Gasteiger partial charge in [-0.1, -0.05) is 24.3 Å². The summed E-state index contributed by atoms with van der Waals surface area (Å²) in [5.41, 5.74) is 2.80. The fraction of sp³-hybridized carbons (Fsp3) is 0.200. The first-order valence-corrected chi connectivity index (χ1v) is 7.70. The van der Waals surface area contributed by atoms with E-state index in [0.29, 0.717) is 6.54 Å². The Balaban J connectivity index is 1.91. The Morgan fingerprint density at radius 3 is 2.75 bits per heavy atom. The van der Waals surface area contributed by atoms with E-state index in [9.17, 15) is 4.79 Å². The van der Waals surface area contributed by atoms with Crippen LogP contribution in [-0.2, 0) is 12.3 Å². The third kappa shape index (κ3) is 4.28. The molecule has 0 aliphatic carbocycles. The van der Waals surface area contributed by atoms with Gasteiger partial charge in [0, 0.05) is 17.6 Å². The minimum atomic E-state index is -0.218. The molecule has 2 N–H and O–H groups in total. The second-order valence-electron chi connectivity index (χ2n) is 4.22. The van der Waals surface area contributed by atoms with Crippen molar-refractivity contribution in [2.24, 2.45) is 0 Å². The second kappa shape index (κ2) is 7.55. The van der Waals surface area contributed by atoms with Crippen molar-refractivity contribution in [3.63, 3.8) is 0 Å². The van der Waals surface area contributed by atoms with Crippen molar-refractivity contribution >= 4 is 23.5 Å². The molecule has 5 heteroatoms. The molecule has 0 atom stereocenters. The number of urea groups is 1. The molecule has 1 aromatic carbocycles. The molecule has 0 unspecified atom stereocenters. The number of nitrogens with one attached hydrogen (secondary N) is 2. The van der Waals surface area contributed by atoms with Gasteiger partial charge in [-0.25, -0.2) is 4.79 Å². The monoisotopic (exact) mass is 287 g/mol. The van der Waals surface area contributed by atoms with Crippen LogP contribution in [0.25, 0.3) is 0 Å². The molecule has 0 saturated heterocycles. The molecule has 4 nitrogen and oxygen atoms in total. The Morgan fingerprint density at radius 2 is 2.00 bits per heavy atom. The number of pyridine rings is 1. The highest BCUT2D eigenvalue weighted by molar-refractivity contribution is 7.97. The summed E-state index contributed by atoms with van der Waals surface area (Å²) in [6, 6.07) is 13.2. The van der Waals surface area contributed by atoms with E-state index in [1.807, 2.05) is 48.7 Å². The molecule has 0 saturated carbocycles. The van der Waals surface area contributed by atoms with Crippen LogP contribution in [0.4, 0.5) is 10.5 Å². The number of hydrogen-bond donors (Lipinski definition) is 2. The zero-order valence-electron chi connectivity index (χ0n) is 11.3. The lowest BCUT2D eigenvalue weighted by molar-refractivity contribution is 0.251. The number of para-hydroxylation sites is 1. The van der Waals surface area contributed by atoms with Gasteiger partial charge in [-0.15, -0.1) is 0 Å². The van der Waals surface area contributed by atoms with Crippen LogP contribution in [0.1, 0.15) is 11.3 Å². The Kier molecular flexibility index (Phi) is 5.43.